The summed E-state index contributed by atoms with van der Waals surface area (Å²) < 4.78 is 14.0. The zero-order valence-electron chi connectivity index (χ0n) is 16.8. The predicted molar refractivity (Wildman–Crippen MR) is 115 cm³/mol. The fourth-order valence-electron chi connectivity index (χ4n) is 3.92. The molecule has 1 N–H and O–H groups in total. The number of likely N-dealkylation sites (tertiary alicyclic amines) is 1. The zero-order valence-corrected chi connectivity index (χ0v) is 16.8. The van der Waals surface area contributed by atoms with Crippen molar-refractivity contribution < 1.29 is 9.18 Å². The Kier molecular flexibility index (Phi) is 6.44. The van der Waals surface area contributed by atoms with Crippen LogP contribution in [-0.2, 0) is 11.2 Å². The number of nitrogens with one attached hydrogen (secondary N) is 1. The van der Waals surface area contributed by atoms with E-state index in [1.807, 2.05) is 36.4 Å². The summed E-state index contributed by atoms with van der Waals surface area (Å²) in [5, 5.41) is 2.84. The summed E-state index contributed by atoms with van der Waals surface area (Å²) in [4.78, 5) is 23.5. The maximum atomic E-state index is 14.0. The molecule has 0 saturated carbocycles. The first kappa shape index (κ1) is 20.2. The normalized spacial score (nSPS) is 16.9. The number of anilines is 1. The van der Waals surface area contributed by atoms with Crippen LogP contribution in [0.15, 0.2) is 66.9 Å². The average molecular weight is 404 g/mol. The zero-order chi connectivity index (χ0) is 20.8. The molecule has 0 bridgehead atoms. The molecule has 0 spiro atoms. The molecule has 1 atom stereocenters. The van der Waals surface area contributed by atoms with Gasteiger partial charge in [-0.1, -0.05) is 30.3 Å². The predicted octanol–water partition coefficient (Wildman–Crippen LogP) is 4.02. The van der Waals surface area contributed by atoms with E-state index in [-0.39, 0.29) is 17.6 Å². The molecule has 0 radical (unpaired) electrons. The molecule has 1 saturated heterocycles. The SMILES string of the molecule is O=C(CN1CCC[C@H](c2cccc(Cc3ccccc3F)n2)C1)Nc1ccccn1. The summed E-state index contributed by atoms with van der Waals surface area (Å²) in [6.07, 6.45) is 4.19. The van der Waals surface area contributed by atoms with E-state index < -0.39 is 0 Å². The lowest BCUT2D eigenvalue weighted by Gasteiger charge is -2.32. The lowest BCUT2D eigenvalue weighted by molar-refractivity contribution is -0.117. The lowest BCUT2D eigenvalue weighted by atomic mass is 9.94. The number of nitrogens with zero attached hydrogens (tertiary/aromatic N) is 3. The first-order valence-corrected chi connectivity index (χ1v) is 10.3. The van der Waals surface area contributed by atoms with Crippen molar-refractivity contribution in [3.8, 4) is 0 Å². The maximum Gasteiger partial charge on any atom is 0.239 e. The quantitative estimate of drug-likeness (QED) is 0.674. The van der Waals surface area contributed by atoms with Gasteiger partial charge < -0.3 is 5.32 Å². The van der Waals surface area contributed by atoms with Crippen molar-refractivity contribution >= 4 is 11.7 Å². The van der Waals surface area contributed by atoms with Crippen LogP contribution in [0.2, 0.25) is 0 Å². The second-order valence-corrected chi connectivity index (χ2v) is 7.66. The number of pyridine rings is 2. The number of carbonyl (C=O) groups is 1. The van der Waals surface area contributed by atoms with Crippen molar-refractivity contribution in [3.05, 3.63) is 89.6 Å². The van der Waals surface area contributed by atoms with Crippen molar-refractivity contribution in [2.45, 2.75) is 25.2 Å². The molecule has 5 nitrogen and oxygen atoms in total. The third-order valence-corrected chi connectivity index (χ3v) is 5.38. The second-order valence-electron chi connectivity index (χ2n) is 7.66. The monoisotopic (exact) mass is 404 g/mol. The molecular formula is C24H25FN4O. The summed E-state index contributed by atoms with van der Waals surface area (Å²) in [5.74, 6) is 0.573. The topological polar surface area (TPSA) is 58.1 Å². The van der Waals surface area contributed by atoms with Crippen LogP contribution in [0.3, 0.4) is 0 Å². The van der Waals surface area contributed by atoms with E-state index in [0.717, 1.165) is 37.3 Å². The summed E-state index contributed by atoms with van der Waals surface area (Å²) in [7, 11) is 0. The Bertz CT molecular complexity index is 995. The standard InChI is InChI=1S/C24H25FN4O/c25-21-10-2-1-7-18(21)15-20-9-5-11-22(27-20)19-8-6-14-29(16-19)17-24(30)28-23-12-3-4-13-26-23/h1-5,7,9-13,19H,6,8,14-17H2,(H,26,28,30)/t19-/m0/s1. The molecule has 3 heterocycles. The van der Waals surface area contributed by atoms with E-state index in [2.05, 4.69) is 15.2 Å². The highest BCUT2D eigenvalue weighted by atomic mass is 19.1. The number of hydrogen-bond donors (Lipinski definition) is 1. The average Bonchev–Trinajstić information content (AvgIpc) is 2.76. The van der Waals surface area contributed by atoms with Crippen LogP contribution in [0.25, 0.3) is 0 Å². The van der Waals surface area contributed by atoms with Crippen LogP contribution >= 0.6 is 0 Å². The largest absolute Gasteiger partial charge is 0.310 e. The van der Waals surface area contributed by atoms with E-state index in [1.165, 1.54) is 6.07 Å². The lowest BCUT2D eigenvalue weighted by Crippen LogP contribution is -2.40. The van der Waals surface area contributed by atoms with E-state index in [9.17, 15) is 9.18 Å². The van der Waals surface area contributed by atoms with Crippen LogP contribution in [-0.4, -0.2) is 40.4 Å². The molecular weight excluding hydrogens is 379 g/mol. The van der Waals surface area contributed by atoms with Crippen LogP contribution in [0, 0.1) is 5.82 Å². The van der Waals surface area contributed by atoms with Gasteiger partial charge in [0.1, 0.15) is 11.6 Å². The van der Waals surface area contributed by atoms with E-state index in [1.54, 1.807) is 24.4 Å². The number of piperidine rings is 1. The molecule has 154 valence electrons. The van der Waals surface area contributed by atoms with Crippen LogP contribution in [0.5, 0.6) is 0 Å². The molecule has 3 aromatic rings. The summed E-state index contributed by atoms with van der Waals surface area (Å²) >= 11 is 0. The number of hydrogen-bond acceptors (Lipinski definition) is 4. The Balaban J connectivity index is 1.38. The fourth-order valence-corrected chi connectivity index (χ4v) is 3.92. The van der Waals surface area contributed by atoms with Gasteiger partial charge >= 0.3 is 0 Å². The third-order valence-electron chi connectivity index (χ3n) is 5.38. The minimum atomic E-state index is -0.201. The number of aromatic nitrogens is 2. The Labute approximate surface area is 176 Å². The van der Waals surface area contributed by atoms with Crippen LogP contribution < -0.4 is 5.32 Å². The van der Waals surface area contributed by atoms with Gasteiger partial charge in [-0.2, -0.15) is 0 Å². The Morgan fingerprint density at radius 2 is 1.97 bits per heavy atom. The molecule has 0 aliphatic carbocycles. The summed E-state index contributed by atoms with van der Waals surface area (Å²) in [6, 6.07) is 18.2. The highest BCUT2D eigenvalue weighted by molar-refractivity contribution is 5.91. The highest BCUT2D eigenvalue weighted by Gasteiger charge is 2.24. The van der Waals surface area contributed by atoms with Gasteiger partial charge in [-0.25, -0.2) is 9.37 Å². The molecule has 30 heavy (non-hydrogen) atoms. The van der Waals surface area contributed by atoms with Gasteiger partial charge in [0.2, 0.25) is 5.91 Å². The Morgan fingerprint density at radius 1 is 1.10 bits per heavy atom. The van der Waals surface area contributed by atoms with E-state index in [0.29, 0.717) is 24.3 Å². The molecule has 1 amide bonds. The first-order valence-electron chi connectivity index (χ1n) is 10.3. The van der Waals surface area contributed by atoms with Gasteiger partial charge in [0.05, 0.1) is 6.54 Å². The van der Waals surface area contributed by atoms with Crippen molar-refractivity contribution in [2.75, 3.05) is 25.0 Å². The Morgan fingerprint density at radius 3 is 2.80 bits per heavy atom. The van der Waals surface area contributed by atoms with Gasteiger partial charge in [-0.3, -0.25) is 14.7 Å². The van der Waals surface area contributed by atoms with Gasteiger partial charge in [-0.05, 0) is 55.3 Å². The Hall–Kier alpha value is -3.12. The van der Waals surface area contributed by atoms with Gasteiger partial charge in [0, 0.05) is 36.5 Å². The van der Waals surface area contributed by atoms with Crippen molar-refractivity contribution in [1.82, 2.24) is 14.9 Å². The second kappa shape index (κ2) is 9.59. The molecule has 1 aliphatic rings. The molecule has 1 fully saturated rings. The number of halogens is 1. The molecule has 0 unspecified atom stereocenters. The maximum absolute atomic E-state index is 14.0. The smallest absolute Gasteiger partial charge is 0.239 e. The number of benzene rings is 1. The molecule has 6 heteroatoms. The van der Waals surface area contributed by atoms with E-state index >= 15 is 0 Å². The summed E-state index contributed by atoms with van der Waals surface area (Å²) in [6.45, 7) is 2.01. The minimum Gasteiger partial charge on any atom is -0.310 e. The van der Waals surface area contributed by atoms with Gasteiger partial charge in [0.25, 0.3) is 0 Å². The van der Waals surface area contributed by atoms with Gasteiger partial charge in [-0.15, -0.1) is 0 Å². The number of amides is 1. The first-order chi connectivity index (χ1) is 14.7. The van der Waals surface area contributed by atoms with Crippen molar-refractivity contribution in [2.24, 2.45) is 0 Å². The van der Waals surface area contributed by atoms with Crippen LogP contribution in [0.4, 0.5) is 10.2 Å². The van der Waals surface area contributed by atoms with Crippen LogP contribution in [0.1, 0.15) is 35.7 Å². The third kappa shape index (κ3) is 5.27. The highest BCUT2D eigenvalue weighted by Crippen LogP contribution is 2.26. The van der Waals surface area contributed by atoms with Gasteiger partial charge in [0.15, 0.2) is 0 Å². The molecule has 1 aliphatic heterocycles. The van der Waals surface area contributed by atoms with Crippen molar-refractivity contribution in [1.29, 1.82) is 0 Å². The molecule has 2 aromatic heterocycles. The van der Waals surface area contributed by atoms with E-state index in [4.69, 9.17) is 4.98 Å². The van der Waals surface area contributed by atoms with Crippen molar-refractivity contribution in [3.63, 3.8) is 0 Å². The number of carbonyl (C=O) groups excluding carboxylic acids is 1. The molecule has 4 rings (SSSR count). The fraction of sp³-hybridized carbons (Fsp3) is 0.292. The minimum absolute atomic E-state index is 0.0596. The number of rotatable bonds is 6. The summed E-state index contributed by atoms with van der Waals surface area (Å²) in [5.41, 5.74) is 2.53. The molecule has 1 aromatic carbocycles.